The molecule has 0 bridgehead atoms. The van der Waals surface area contributed by atoms with Gasteiger partial charge in [0.15, 0.2) is 12.5 Å². The Morgan fingerprint density at radius 3 is 1.74 bits per heavy atom. The number of hydrogen-bond acceptors (Lipinski definition) is 7. The molecule has 0 rings (SSSR count). The summed E-state index contributed by atoms with van der Waals surface area (Å²) < 4.78 is 14.6. The molecule has 0 saturated heterocycles. The topological polar surface area (TPSA) is 82.1 Å². The van der Waals surface area contributed by atoms with Crippen molar-refractivity contribution in [1.29, 1.82) is 0 Å². The molecule has 0 aromatic heterocycles. The number of carbonyl (C=O) groups is 3. The van der Waals surface area contributed by atoms with Crippen LogP contribution in [0.3, 0.4) is 0 Å². The molecule has 110 valence electrons. The monoisotopic (exact) mass is 275 g/mol. The van der Waals surface area contributed by atoms with E-state index in [0.29, 0.717) is 0 Å². The summed E-state index contributed by atoms with van der Waals surface area (Å²) in [5.41, 5.74) is 0. The average molecular weight is 275 g/mol. The number of ether oxygens (including phenoxy) is 3. The van der Waals surface area contributed by atoms with Gasteiger partial charge in [-0.3, -0.25) is 14.4 Å². The van der Waals surface area contributed by atoms with Crippen molar-refractivity contribution in [1.82, 2.24) is 4.90 Å². The van der Waals surface area contributed by atoms with E-state index < -0.39 is 30.4 Å². The second-order valence-electron chi connectivity index (χ2n) is 3.98. The highest BCUT2D eigenvalue weighted by Crippen LogP contribution is 2.10. The van der Waals surface area contributed by atoms with Crippen LogP contribution in [0.2, 0.25) is 0 Å². The largest absolute Gasteiger partial charge is 0.469 e. The lowest BCUT2D eigenvalue weighted by molar-refractivity contribution is -0.177. The molecule has 0 heterocycles. The lowest BCUT2D eigenvalue weighted by Gasteiger charge is -2.32. The van der Waals surface area contributed by atoms with Crippen molar-refractivity contribution < 1.29 is 28.6 Å². The molecular weight excluding hydrogens is 254 g/mol. The lowest BCUT2D eigenvalue weighted by Crippen LogP contribution is -2.45. The quantitative estimate of drug-likeness (QED) is 0.383. The van der Waals surface area contributed by atoms with E-state index >= 15 is 0 Å². The Morgan fingerprint density at radius 2 is 1.42 bits per heavy atom. The molecule has 0 aliphatic heterocycles. The Kier molecular flexibility index (Phi) is 7.74. The van der Waals surface area contributed by atoms with Crippen LogP contribution in [0.4, 0.5) is 0 Å². The maximum absolute atomic E-state index is 11.1. The maximum Gasteiger partial charge on any atom is 0.306 e. The third-order valence-electron chi connectivity index (χ3n) is 2.41. The summed E-state index contributed by atoms with van der Waals surface area (Å²) in [5.74, 6) is -1.30. The van der Waals surface area contributed by atoms with E-state index in [0.717, 1.165) is 0 Å². The van der Waals surface area contributed by atoms with E-state index in [1.54, 1.807) is 18.7 Å². The molecule has 0 radical (unpaired) electrons. The van der Waals surface area contributed by atoms with E-state index in [-0.39, 0.29) is 13.0 Å². The molecule has 7 nitrogen and oxygen atoms in total. The Balaban J connectivity index is 4.65. The smallest absolute Gasteiger partial charge is 0.306 e. The summed E-state index contributed by atoms with van der Waals surface area (Å²) in [6.45, 7) is 6.09. The zero-order valence-corrected chi connectivity index (χ0v) is 12.0. The van der Waals surface area contributed by atoms with Crippen LogP contribution >= 0.6 is 0 Å². The number of methoxy groups -OCH3 is 1. The molecular formula is C12H21NO6. The number of esters is 3. The Labute approximate surface area is 112 Å². The summed E-state index contributed by atoms with van der Waals surface area (Å²) in [6, 6.07) is 0. The molecule has 2 unspecified atom stereocenters. The zero-order valence-electron chi connectivity index (χ0n) is 12.0. The molecule has 0 aliphatic rings. The SMILES string of the molecule is COC(=O)CCN(C(C)OC(C)=O)C(C)OC(C)=O. The molecule has 0 aliphatic carbocycles. The molecule has 0 aromatic carbocycles. The van der Waals surface area contributed by atoms with Gasteiger partial charge in [-0.1, -0.05) is 0 Å². The van der Waals surface area contributed by atoms with Crippen molar-refractivity contribution in [3.8, 4) is 0 Å². The number of carbonyl (C=O) groups excluding carboxylic acids is 3. The molecule has 19 heavy (non-hydrogen) atoms. The maximum atomic E-state index is 11.1. The Morgan fingerprint density at radius 1 is 1.00 bits per heavy atom. The van der Waals surface area contributed by atoms with Crippen LogP contribution in [0, 0.1) is 0 Å². The first kappa shape index (κ1) is 17.4. The standard InChI is InChI=1S/C12H21NO6/c1-8(18-10(3)14)13(7-6-12(16)17-5)9(2)19-11(4)15/h8-9H,6-7H2,1-5H3. The van der Waals surface area contributed by atoms with Crippen molar-refractivity contribution in [3.05, 3.63) is 0 Å². The van der Waals surface area contributed by atoms with Crippen molar-refractivity contribution in [2.45, 2.75) is 46.6 Å². The van der Waals surface area contributed by atoms with Gasteiger partial charge in [-0.15, -0.1) is 0 Å². The highest BCUT2D eigenvalue weighted by atomic mass is 16.6. The van der Waals surface area contributed by atoms with Crippen LogP contribution < -0.4 is 0 Å². The van der Waals surface area contributed by atoms with E-state index in [4.69, 9.17) is 9.47 Å². The summed E-state index contributed by atoms with van der Waals surface area (Å²) in [6.07, 6.45) is -1.12. The predicted octanol–water partition coefficient (Wildman–Crippen LogP) is 0.670. The second kappa shape index (κ2) is 8.47. The molecule has 0 amide bonds. The third-order valence-corrected chi connectivity index (χ3v) is 2.41. The highest BCUT2D eigenvalue weighted by Gasteiger charge is 2.25. The van der Waals surface area contributed by atoms with Crippen molar-refractivity contribution in [2.75, 3.05) is 13.7 Å². The molecule has 0 N–H and O–H groups in total. The van der Waals surface area contributed by atoms with E-state index in [9.17, 15) is 14.4 Å². The van der Waals surface area contributed by atoms with Gasteiger partial charge in [0.25, 0.3) is 0 Å². The van der Waals surface area contributed by atoms with Crippen molar-refractivity contribution >= 4 is 17.9 Å². The van der Waals surface area contributed by atoms with Gasteiger partial charge in [0.2, 0.25) is 0 Å². The summed E-state index contributed by atoms with van der Waals surface area (Å²) in [7, 11) is 1.29. The Hall–Kier alpha value is -1.63. The first-order valence-electron chi connectivity index (χ1n) is 5.95. The minimum absolute atomic E-state index is 0.105. The minimum Gasteiger partial charge on any atom is -0.469 e. The van der Waals surface area contributed by atoms with Crippen LogP contribution in [0.15, 0.2) is 0 Å². The summed E-state index contributed by atoms with van der Waals surface area (Å²) in [5, 5.41) is 0. The average Bonchev–Trinajstić information content (AvgIpc) is 2.26. The number of nitrogens with zero attached hydrogens (tertiary/aromatic N) is 1. The number of hydrogen-bond donors (Lipinski definition) is 0. The van der Waals surface area contributed by atoms with Crippen molar-refractivity contribution in [2.24, 2.45) is 0 Å². The fourth-order valence-corrected chi connectivity index (χ4v) is 1.60. The number of rotatable bonds is 7. The minimum atomic E-state index is -0.614. The fourth-order valence-electron chi connectivity index (χ4n) is 1.60. The Bertz CT molecular complexity index is 308. The van der Waals surface area contributed by atoms with Gasteiger partial charge < -0.3 is 14.2 Å². The second-order valence-corrected chi connectivity index (χ2v) is 3.98. The van der Waals surface area contributed by atoms with E-state index in [1.807, 2.05) is 0 Å². The van der Waals surface area contributed by atoms with Crippen LogP contribution in [0.1, 0.15) is 34.1 Å². The first-order valence-corrected chi connectivity index (χ1v) is 5.95. The third kappa shape index (κ3) is 7.40. The van der Waals surface area contributed by atoms with Gasteiger partial charge in [-0.25, -0.2) is 4.90 Å². The normalized spacial score (nSPS) is 13.6. The summed E-state index contributed by atoms with van der Waals surface area (Å²) in [4.78, 5) is 34.6. The van der Waals surface area contributed by atoms with Gasteiger partial charge in [0.05, 0.1) is 13.5 Å². The summed E-state index contributed by atoms with van der Waals surface area (Å²) >= 11 is 0. The fraction of sp³-hybridized carbons (Fsp3) is 0.750. The van der Waals surface area contributed by atoms with Gasteiger partial charge in [-0.05, 0) is 13.8 Å². The molecule has 0 spiro atoms. The molecule has 0 fully saturated rings. The lowest BCUT2D eigenvalue weighted by atomic mass is 10.3. The van der Waals surface area contributed by atoms with Crippen LogP contribution in [0.5, 0.6) is 0 Å². The molecule has 0 aromatic rings. The van der Waals surface area contributed by atoms with E-state index in [1.165, 1.54) is 21.0 Å². The van der Waals surface area contributed by atoms with Crippen molar-refractivity contribution in [3.63, 3.8) is 0 Å². The van der Waals surface area contributed by atoms with Gasteiger partial charge >= 0.3 is 17.9 Å². The first-order chi connectivity index (χ1) is 8.77. The van der Waals surface area contributed by atoms with Crippen LogP contribution in [-0.4, -0.2) is 48.9 Å². The molecule has 0 saturated carbocycles. The van der Waals surface area contributed by atoms with Gasteiger partial charge in [0.1, 0.15) is 0 Å². The molecule has 7 heteroatoms. The highest BCUT2D eigenvalue weighted by molar-refractivity contribution is 5.69. The predicted molar refractivity (Wildman–Crippen MR) is 65.8 cm³/mol. The van der Waals surface area contributed by atoms with Crippen LogP contribution in [-0.2, 0) is 28.6 Å². The van der Waals surface area contributed by atoms with Gasteiger partial charge in [0, 0.05) is 20.4 Å². The van der Waals surface area contributed by atoms with Crippen LogP contribution in [0.25, 0.3) is 0 Å². The zero-order chi connectivity index (χ0) is 15.0. The van der Waals surface area contributed by atoms with Gasteiger partial charge in [-0.2, -0.15) is 0 Å². The van der Waals surface area contributed by atoms with E-state index in [2.05, 4.69) is 4.74 Å². The molecule has 2 atom stereocenters.